The van der Waals surface area contributed by atoms with E-state index in [0.717, 1.165) is 6.20 Å². The van der Waals surface area contributed by atoms with Crippen LogP contribution in [0.1, 0.15) is 0 Å². The fraction of sp³-hybridized carbons (Fsp3) is 0. The summed E-state index contributed by atoms with van der Waals surface area (Å²) < 4.78 is 18.4. The smallest absolute Gasteiger partial charge is 0.260 e. The van der Waals surface area contributed by atoms with Crippen molar-refractivity contribution in [2.75, 3.05) is 5.73 Å². The summed E-state index contributed by atoms with van der Waals surface area (Å²) in [5.74, 6) is -0.536. The molecule has 82 valence electrons. The van der Waals surface area contributed by atoms with Gasteiger partial charge in [0, 0.05) is 11.8 Å². The molecule has 0 unspecified atom stereocenters. The second kappa shape index (κ2) is 4.32. The minimum absolute atomic E-state index is 0.0831. The van der Waals surface area contributed by atoms with Crippen LogP contribution in [0, 0.1) is 5.82 Å². The Hall–Kier alpha value is -1.88. The number of aromatic nitrogens is 2. The molecule has 16 heavy (non-hydrogen) atoms. The van der Waals surface area contributed by atoms with Gasteiger partial charge in [-0.3, -0.25) is 0 Å². The van der Waals surface area contributed by atoms with Crippen LogP contribution in [0.3, 0.4) is 0 Å². The van der Waals surface area contributed by atoms with Crippen molar-refractivity contribution in [3.63, 3.8) is 0 Å². The van der Waals surface area contributed by atoms with Gasteiger partial charge in [-0.2, -0.15) is 9.37 Å². The van der Waals surface area contributed by atoms with E-state index in [1.54, 1.807) is 24.3 Å². The average molecular weight is 240 g/mol. The molecule has 0 aliphatic carbocycles. The normalized spacial score (nSPS) is 10.1. The summed E-state index contributed by atoms with van der Waals surface area (Å²) in [5.41, 5.74) is 6.06. The summed E-state index contributed by atoms with van der Waals surface area (Å²) >= 11 is 5.52. The van der Waals surface area contributed by atoms with E-state index >= 15 is 0 Å². The highest BCUT2D eigenvalue weighted by Gasteiger charge is 2.08. The predicted molar refractivity (Wildman–Crippen MR) is 57.9 cm³/mol. The Kier molecular flexibility index (Phi) is 2.87. The largest absolute Gasteiger partial charge is 0.436 e. The second-order valence-corrected chi connectivity index (χ2v) is 3.30. The number of anilines is 1. The van der Waals surface area contributed by atoms with Crippen LogP contribution in [0.2, 0.25) is 5.28 Å². The lowest BCUT2D eigenvalue weighted by Crippen LogP contribution is -1.95. The number of nitrogens with two attached hydrogens (primary N) is 1. The molecule has 6 heteroatoms. The van der Waals surface area contributed by atoms with Crippen molar-refractivity contribution in [1.29, 1.82) is 0 Å². The fourth-order valence-electron chi connectivity index (χ4n) is 1.09. The van der Waals surface area contributed by atoms with Crippen molar-refractivity contribution in [2.45, 2.75) is 0 Å². The van der Waals surface area contributed by atoms with Gasteiger partial charge in [-0.15, -0.1) is 0 Å². The van der Waals surface area contributed by atoms with E-state index in [-0.39, 0.29) is 11.2 Å². The molecule has 1 aromatic heterocycles. The highest BCUT2D eigenvalue weighted by Crippen LogP contribution is 2.24. The summed E-state index contributed by atoms with van der Waals surface area (Å²) in [6, 6.07) is 6.56. The standard InChI is InChI=1S/C10H7ClFN3O/c11-10-14-5-8(12)9(15-10)16-7-3-1-2-6(13)4-7/h1-5H,13H2. The fourth-order valence-corrected chi connectivity index (χ4v) is 1.22. The van der Waals surface area contributed by atoms with Gasteiger partial charge in [-0.1, -0.05) is 6.07 Å². The van der Waals surface area contributed by atoms with Gasteiger partial charge in [-0.05, 0) is 23.7 Å². The zero-order valence-electron chi connectivity index (χ0n) is 8.02. The Morgan fingerprint density at radius 2 is 2.19 bits per heavy atom. The van der Waals surface area contributed by atoms with Gasteiger partial charge in [0.15, 0.2) is 0 Å². The maximum Gasteiger partial charge on any atom is 0.260 e. The van der Waals surface area contributed by atoms with Gasteiger partial charge in [0.1, 0.15) is 5.75 Å². The van der Waals surface area contributed by atoms with Crippen LogP contribution in [0.4, 0.5) is 10.1 Å². The highest BCUT2D eigenvalue weighted by atomic mass is 35.5. The third-order valence-corrected chi connectivity index (χ3v) is 1.94. The molecule has 1 heterocycles. The van der Waals surface area contributed by atoms with Gasteiger partial charge >= 0.3 is 0 Å². The first-order chi connectivity index (χ1) is 7.65. The molecule has 2 aromatic rings. The van der Waals surface area contributed by atoms with E-state index in [1.165, 1.54) is 0 Å². The van der Waals surface area contributed by atoms with Crippen LogP contribution in [-0.4, -0.2) is 9.97 Å². The molecule has 0 spiro atoms. The summed E-state index contributed by atoms with van der Waals surface area (Å²) in [4.78, 5) is 7.09. The van der Waals surface area contributed by atoms with E-state index in [2.05, 4.69) is 9.97 Å². The summed E-state index contributed by atoms with van der Waals surface area (Å²) in [6.07, 6.45) is 0.941. The minimum atomic E-state index is -0.688. The number of benzene rings is 1. The molecule has 0 amide bonds. The molecule has 0 radical (unpaired) electrons. The third kappa shape index (κ3) is 2.38. The van der Waals surface area contributed by atoms with Crippen LogP contribution in [0.25, 0.3) is 0 Å². The maximum absolute atomic E-state index is 13.2. The summed E-state index contributed by atoms with van der Waals surface area (Å²) in [7, 11) is 0. The Bertz CT molecular complexity index is 521. The number of rotatable bonds is 2. The van der Waals surface area contributed by atoms with Crippen molar-refractivity contribution in [1.82, 2.24) is 9.97 Å². The number of ether oxygens (including phenoxy) is 1. The molecule has 1 aromatic carbocycles. The SMILES string of the molecule is Nc1cccc(Oc2nc(Cl)ncc2F)c1. The molecular weight excluding hydrogens is 233 g/mol. The van der Waals surface area contributed by atoms with Crippen LogP contribution >= 0.6 is 11.6 Å². The summed E-state index contributed by atoms with van der Waals surface area (Å²) in [5, 5.41) is -0.0831. The second-order valence-electron chi connectivity index (χ2n) is 2.97. The number of halogens is 2. The first kappa shape index (κ1) is 10.6. The van der Waals surface area contributed by atoms with Crippen LogP contribution in [0.5, 0.6) is 11.6 Å². The predicted octanol–water partition coefficient (Wildman–Crippen LogP) is 2.64. The van der Waals surface area contributed by atoms with E-state index in [1.807, 2.05) is 0 Å². The summed E-state index contributed by atoms with van der Waals surface area (Å²) in [6.45, 7) is 0. The highest BCUT2D eigenvalue weighted by molar-refractivity contribution is 6.28. The minimum Gasteiger partial charge on any atom is -0.436 e. The van der Waals surface area contributed by atoms with Crippen molar-refractivity contribution in [2.24, 2.45) is 0 Å². The average Bonchev–Trinajstić information content (AvgIpc) is 2.24. The topological polar surface area (TPSA) is 61.0 Å². The molecule has 0 saturated heterocycles. The number of hydrogen-bond donors (Lipinski definition) is 1. The van der Waals surface area contributed by atoms with Crippen molar-refractivity contribution in [3.05, 3.63) is 41.6 Å². The molecule has 0 fully saturated rings. The van der Waals surface area contributed by atoms with Gasteiger partial charge < -0.3 is 10.5 Å². The van der Waals surface area contributed by atoms with Crippen LogP contribution in [-0.2, 0) is 0 Å². The third-order valence-electron chi connectivity index (χ3n) is 1.76. The number of hydrogen-bond acceptors (Lipinski definition) is 4. The zero-order valence-corrected chi connectivity index (χ0v) is 8.78. The lowest BCUT2D eigenvalue weighted by atomic mass is 10.3. The Balaban J connectivity index is 2.30. The number of nitrogen functional groups attached to an aromatic ring is 1. The van der Waals surface area contributed by atoms with Gasteiger partial charge in [0.05, 0.1) is 6.20 Å². The van der Waals surface area contributed by atoms with Gasteiger partial charge in [0.25, 0.3) is 5.88 Å². The molecule has 0 atom stereocenters. The first-order valence-electron chi connectivity index (χ1n) is 4.36. The van der Waals surface area contributed by atoms with Gasteiger partial charge in [-0.25, -0.2) is 4.98 Å². The van der Waals surface area contributed by atoms with E-state index in [4.69, 9.17) is 22.1 Å². The molecular formula is C10H7ClFN3O. The molecule has 0 aliphatic heterocycles. The van der Waals surface area contributed by atoms with Crippen molar-refractivity contribution >= 4 is 17.3 Å². The Morgan fingerprint density at radius 3 is 2.94 bits per heavy atom. The van der Waals surface area contributed by atoms with E-state index in [9.17, 15) is 4.39 Å². The molecule has 0 saturated carbocycles. The first-order valence-corrected chi connectivity index (χ1v) is 4.74. The quantitative estimate of drug-likeness (QED) is 0.646. The van der Waals surface area contributed by atoms with Crippen molar-refractivity contribution in [3.8, 4) is 11.6 Å². The molecule has 2 rings (SSSR count). The molecule has 4 nitrogen and oxygen atoms in total. The van der Waals surface area contributed by atoms with E-state index < -0.39 is 5.82 Å². The lowest BCUT2D eigenvalue weighted by molar-refractivity contribution is 0.420. The van der Waals surface area contributed by atoms with Crippen LogP contribution in [0.15, 0.2) is 30.5 Å². The van der Waals surface area contributed by atoms with Crippen molar-refractivity contribution < 1.29 is 9.13 Å². The molecule has 2 N–H and O–H groups in total. The van der Waals surface area contributed by atoms with E-state index in [0.29, 0.717) is 11.4 Å². The molecule has 0 aliphatic rings. The Labute approximate surface area is 95.9 Å². The molecule has 0 bridgehead atoms. The lowest BCUT2D eigenvalue weighted by Gasteiger charge is -2.05. The van der Waals surface area contributed by atoms with Gasteiger partial charge in [0.2, 0.25) is 11.1 Å². The zero-order chi connectivity index (χ0) is 11.5. The van der Waals surface area contributed by atoms with Crippen LogP contribution < -0.4 is 10.5 Å². The number of nitrogens with zero attached hydrogens (tertiary/aromatic N) is 2. The maximum atomic E-state index is 13.2. The monoisotopic (exact) mass is 239 g/mol. The Morgan fingerprint density at radius 1 is 1.38 bits per heavy atom.